The van der Waals surface area contributed by atoms with Gasteiger partial charge in [-0.2, -0.15) is 0 Å². The fraction of sp³-hybridized carbons (Fsp3) is 0.400. The van der Waals surface area contributed by atoms with E-state index < -0.39 is 5.97 Å². The Balaban J connectivity index is 2.08. The van der Waals surface area contributed by atoms with Gasteiger partial charge < -0.3 is 18.8 Å². The quantitative estimate of drug-likeness (QED) is 0.532. The molecule has 2 aromatic rings. The van der Waals surface area contributed by atoms with Crippen molar-refractivity contribution >= 4 is 11.8 Å². The van der Waals surface area contributed by atoms with Gasteiger partial charge in [-0.1, -0.05) is 6.92 Å². The molecule has 0 unspecified atom stereocenters. The van der Waals surface area contributed by atoms with E-state index in [9.17, 15) is 9.59 Å². The zero-order valence-corrected chi connectivity index (χ0v) is 15.9. The van der Waals surface area contributed by atoms with Crippen LogP contribution in [0.4, 0.5) is 0 Å². The van der Waals surface area contributed by atoms with E-state index in [1.807, 2.05) is 19.9 Å². The summed E-state index contributed by atoms with van der Waals surface area (Å²) in [6, 6.07) is 6.56. The molecule has 0 N–H and O–H groups in total. The van der Waals surface area contributed by atoms with Crippen molar-refractivity contribution in [1.82, 2.24) is 4.57 Å². The number of hydrogen-bond acceptors (Lipinski definition) is 5. The lowest BCUT2D eigenvalue weighted by molar-refractivity contribution is 0.0474. The summed E-state index contributed by atoms with van der Waals surface area (Å²) in [4.78, 5) is 24.7. The molecule has 0 saturated carbocycles. The summed E-state index contributed by atoms with van der Waals surface area (Å²) in [7, 11) is 3.01. The summed E-state index contributed by atoms with van der Waals surface area (Å²) < 4.78 is 17.6. The predicted molar refractivity (Wildman–Crippen MR) is 98.4 cm³/mol. The van der Waals surface area contributed by atoms with E-state index >= 15 is 0 Å². The number of benzene rings is 1. The SMILES string of the molecule is CCCn1c(C)cc(C(=O)COC(=O)c2ccc(OC)c(OC)c2)c1C. The summed E-state index contributed by atoms with van der Waals surface area (Å²) >= 11 is 0. The highest BCUT2D eigenvalue weighted by Crippen LogP contribution is 2.27. The predicted octanol–water partition coefficient (Wildman–Crippen LogP) is 3.57. The van der Waals surface area contributed by atoms with Crippen LogP contribution in [-0.2, 0) is 11.3 Å². The van der Waals surface area contributed by atoms with Gasteiger partial charge in [0, 0.05) is 23.5 Å². The van der Waals surface area contributed by atoms with Gasteiger partial charge in [0.25, 0.3) is 0 Å². The van der Waals surface area contributed by atoms with Crippen LogP contribution < -0.4 is 9.47 Å². The number of nitrogens with zero attached hydrogens (tertiary/aromatic N) is 1. The van der Waals surface area contributed by atoms with Crippen molar-refractivity contribution in [1.29, 1.82) is 0 Å². The molecular weight excluding hydrogens is 334 g/mol. The van der Waals surface area contributed by atoms with Gasteiger partial charge in [0.2, 0.25) is 5.78 Å². The molecule has 2 rings (SSSR count). The van der Waals surface area contributed by atoms with Crippen LogP contribution in [0.15, 0.2) is 24.3 Å². The van der Waals surface area contributed by atoms with Crippen LogP contribution in [0.1, 0.15) is 45.4 Å². The normalized spacial score (nSPS) is 10.5. The van der Waals surface area contributed by atoms with Gasteiger partial charge in [0.15, 0.2) is 18.1 Å². The number of ketones is 1. The fourth-order valence-corrected chi connectivity index (χ4v) is 2.91. The Bertz CT molecular complexity index is 807. The van der Waals surface area contributed by atoms with Crippen LogP contribution in [0.2, 0.25) is 0 Å². The van der Waals surface area contributed by atoms with Gasteiger partial charge in [-0.15, -0.1) is 0 Å². The smallest absolute Gasteiger partial charge is 0.338 e. The number of methoxy groups -OCH3 is 2. The molecule has 0 bridgehead atoms. The first-order valence-electron chi connectivity index (χ1n) is 8.52. The molecule has 26 heavy (non-hydrogen) atoms. The zero-order valence-electron chi connectivity index (χ0n) is 15.9. The van der Waals surface area contributed by atoms with E-state index in [2.05, 4.69) is 11.5 Å². The van der Waals surface area contributed by atoms with E-state index in [0.717, 1.165) is 24.4 Å². The highest BCUT2D eigenvalue weighted by molar-refractivity contribution is 6.00. The summed E-state index contributed by atoms with van der Waals surface area (Å²) in [6.07, 6.45) is 0.984. The second kappa shape index (κ2) is 8.56. The molecule has 1 aromatic heterocycles. The minimum Gasteiger partial charge on any atom is -0.493 e. The van der Waals surface area contributed by atoms with Gasteiger partial charge in [0.1, 0.15) is 0 Å². The van der Waals surface area contributed by atoms with Crippen LogP contribution in [0.3, 0.4) is 0 Å². The molecule has 1 heterocycles. The molecular formula is C20H25NO5. The number of carbonyl (C=O) groups excluding carboxylic acids is 2. The lowest BCUT2D eigenvalue weighted by atomic mass is 10.1. The van der Waals surface area contributed by atoms with Crippen LogP contribution in [-0.4, -0.2) is 37.1 Å². The molecule has 0 fully saturated rings. The molecule has 140 valence electrons. The van der Waals surface area contributed by atoms with Crippen LogP contribution >= 0.6 is 0 Å². The van der Waals surface area contributed by atoms with Crippen LogP contribution in [0, 0.1) is 13.8 Å². The third kappa shape index (κ3) is 4.07. The first-order valence-corrected chi connectivity index (χ1v) is 8.52. The third-order valence-electron chi connectivity index (χ3n) is 4.27. The largest absolute Gasteiger partial charge is 0.493 e. The Morgan fingerprint density at radius 3 is 2.35 bits per heavy atom. The summed E-state index contributed by atoms with van der Waals surface area (Å²) in [5.74, 6) is 0.149. The first kappa shape index (κ1) is 19.6. The number of rotatable bonds is 8. The summed E-state index contributed by atoms with van der Waals surface area (Å²) in [5, 5.41) is 0. The number of aromatic nitrogens is 1. The van der Waals surface area contributed by atoms with Gasteiger partial charge in [-0.05, 0) is 44.5 Å². The number of esters is 1. The van der Waals surface area contributed by atoms with Crippen molar-refractivity contribution < 1.29 is 23.8 Å². The van der Waals surface area contributed by atoms with E-state index in [4.69, 9.17) is 14.2 Å². The Morgan fingerprint density at radius 1 is 1.04 bits per heavy atom. The van der Waals surface area contributed by atoms with Crippen molar-refractivity contribution in [2.75, 3.05) is 20.8 Å². The lowest BCUT2D eigenvalue weighted by Crippen LogP contribution is -2.15. The zero-order chi connectivity index (χ0) is 19.3. The molecule has 6 heteroatoms. The molecule has 1 aromatic carbocycles. The Morgan fingerprint density at radius 2 is 1.73 bits per heavy atom. The highest BCUT2D eigenvalue weighted by atomic mass is 16.5. The van der Waals surface area contributed by atoms with Crippen molar-refractivity contribution in [3.05, 3.63) is 46.8 Å². The van der Waals surface area contributed by atoms with E-state index in [1.165, 1.54) is 20.3 Å². The lowest BCUT2D eigenvalue weighted by Gasteiger charge is -2.10. The van der Waals surface area contributed by atoms with E-state index in [-0.39, 0.29) is 12.4 Å². The standard InChI is InChI=1S/C20H25NO5/c1-6-9-21-13(2)10-16(14(21)3)17(22)12-26-20(23)15-7-8-18(24-4)19(11-15)25-5/h7-8,10-11H,6,9,12H2,1-5H3. The summed E-state index contributed by atoms with van der Waals surface area (Å²) in [5.41, 5.74) is 2.82. The molecule has 0 spiro atoms. The van der Waals surface area contributed by atoms with E-state index in [0.29, 0.717) is 22.6 Å². The highest BCUT2D eigenvalue weighted by Gasteiger charge is 2.18. The maximum Gasteiger partial charge on any atom is 0.338 e. The van der Waals surface area contributed by atoms with Gasteiger partial charge in [-0.3, -0.25) is 4.79 Å². The average Bonchev–Trinajstić information content (AvgIpc) is 2.93. The number of hydrogen-bond donors (Lipinski definition) is 0. The first-order chi connectivity index (χ1) is 12.4. The molecule has 0 aliphatic rings. The second-order valence-electron chi connectivity index (χ2n) is 6.01. The van der Waals surface area contributed by atoms with E-state index in [1.54, 1.807) is 12.1 Å². The Labute approximate surface area is 153 Å². The van der Waals surface area contributed by atoms with Gasteiger partial charge in [0.05, 0.1) is 19.8 Å². The molecule has 6 nitrogen and oxygen atoms in total. The van der Waals surface area contributed by atoms with Crippen molar-refractivity contribution in [2.24, 2.45) is 0 Å². The van der Waals surface area contributed by atoms with Crippen LogP contribution in [0.5, 0.6) is 11.5 Å². The van der Waals surface area contributed by atoms with Crippen molar-refractivity contribution in [2.45, 2.75) is 33.7 Å². The van der Waals surface area contributed by atoms with Gasteiger partial charge in [-0.25, -0.2) is 4.79 Å². The van der Waals surface area contributed by atoms with Crippen LogP contribution in [0.25, 0.3) is 0 Å². The number of ether oxygens (including phenoxy) is 3. The number of carbonyl (C=O) groups is 2. The Kier molecular flexibility index (Phi) is 6.44. The topological polar surface area (TPSA) is 66.8 Å². The maximum atomic E-state index is 12.5. The maximum absolute atomic E-state index is 12.5. The monoisotopic (exact) mass is 359 g/mol. The van der Waals surface area contributed by atoms with Crippen molar-refractivity contribution in [3.63, 3.8) is 0 Å². The number of aryl methyl sites for hydroxylation is 1. The van der Waals surface area contributed by atoms with Crippen molar-refractivity contribution in [3.8, 4) is 11.5 Å². The molecule has 0 saturated heterocycles. The molecule has 0 amide bonds. The molecule has 0 atom stereocenters. The minimum atomic E-state index is -0.582. The fourth-order valence-electron chi connectivity index (χ4n) is 2.91. The second-order valence-corrected chi connectivity index (χ2v) is 6.01. The summed E-state index contributed by atoms with van der Waals surface area (Å²) in [6.45, 7) is 6.52. The minimum absolute atomic E-state index is 0.214. The molecule has 0 aliphatic carbocycles. The molecule has 0 aliphatic heterocycles. The molecule has 0 radical (unpaired) electrons. The number of Topliss-reactive ketones (excluding diaryl/α,β-unsaturated/α-hetero) is 1. The average molecular weight is 359 g/mol. The Hall–Kier alpha value is -2.76. The van der Waals surface area contributed by atoms with Gasteiger partial charge >= 0.3 is 5.97 Å². The third-order valence-corrected chi connectivity index (χ3v) is 4.27.